The molecule has 3 nitrogen and oxygen atoms in total. The van der Waals surface area contributed by atoms with Gasteiger partial charge in [-0.05, 0) is 18.4 Å². The first kappa shape index (κ1) is 17.8. The standard InChI is InChI=1S/C15H21F2NO2S/c1-4-5-13(15(19)20-8-9(2)3)21-14-7-12(18)10(16)6-11(14)17/h6-7,9,13H,4-5,8,18H2,1-3H3. The Labute approximate surface area is 128 Å². The molecule has 0 saturated heterocycles. The van der Waals surface area contributed by atoms with Crippen LogP contribution in [0.5, 0.6) is 0 Å². The minimum Gasteiger partial charge on any atom is -0.465 e. The topological polar surface area (TPSA) is 52.3 Å². The highest BCUT2D eigenvalue weighted by molar-refractivity contribution is 8.00. The molecular formula is C15H21F2NO2S. The van der Waals surface area contributed by atoms with Gasteiger partial charge in [0.15, 0.2) is 0 Å². The first-order valence-electron chi connectivity index (χ1n) is 6.93. The zero-order valence-electron chi connectivity index (χ0n) is 12.5. The van der Waals surface area contributed by atoms with E-state index in [4.69, 9.17) is 10.5 Å². The number of carbonyl (C=O) groups excluding carboxylic acids is 1. The Morgan fingerprint density at radius 1 is 1.33 bits per heavy atom. The van der Waals surface area contributed by atoms with Crippen molar-refractivity contribution >= 4 is 23.4 Å². The Hall–Kier alpha value is -1.30. The molecule has 0 aromatic heterocycles. The summed E-state index contributed by atoms with van der Waals surface area (Å²) in [7, 11) is 0. The molecule has 2 N–H and O–H groups in total. The molecule has 0 spiro atoms. The number of benzene rings is 1. The van der Waals surface area contributed by atoms with E-state index in [1.807, 2.05) is 20.8 Å². The number of carbonyl (C=O) groups is 1. The van der Waals surface area contributed by atoms with Crippen molar-refractivity contribution in [3.63, 3.8) is 0 Å². The van der Waals surface area contributed by atoms with E-state index in [0.717, 1.165) is 24.2 Å². The van der Waals surface area contributed by atoms with Crippen molar-refractivity contribution in [2.24, 2.45) is 5.92 Å². The molecule has 1 aromatic carbocycles. The predicted octanol–water partition coefficient (Wildman–Crippen LogP) is 4.01. The van der Waals surface area contributed by atoms with Crippen LogP contribution in [-0.4, -0.2) is 17.8 Å². The molecule has 0 radical (unpaired) electrons. The van der Waals surface area contributed by atoms with Crippen LogP contribution in [0.3, 0.4) is 0 Å². The lowest BCUT2D eigenvalue weighted by Gasteiger charge is -2.16. The minimum atomic E-state index is -0.800. The van der Waals surface area contributed by atoms with Gasteiger partial charge in [-0.2, -0.15) is 0 Å². The summed E-state index contributed by atoms with van der Waals surface area (Å²) in [5.74, 6) is -1.66. The Kier molecular flexibility index (Phi) is 6.95. The third kappa shape index (κ3) is 5.53. The maximum atomic E-state index is 13.7. The second-order valence-electron chi connectivity index (χ2n) is 5.22. The van der Waals surface area contributed by atoms with E-state index in [0.29, 0.717) is 13.0 Å². The number of hydrogen-bond acceptors (Lipinski definition) is 4. The first-order chi connectivity index (χ1) is 9.85. The Balaban J connectivity index is 2.83. The van der Waals surface area contributed by atoms with Gasteiger partial charge in [-0.25, -0.2) is 8.78 Å². The highest BCUT2D eigenvalue weighted by Crippen LogP contribution is 2.32. The van der Waals surface area contributed by atoms with Gasteiger partial charge in [0.2, 0.25) is 0 Å². The quantitative estimate of drug-likeness (QED) is 0.469. The van der Waals surface area contributed by atoms with E-state index in [-0.39, 0.29) is 22.5 Å². The molecule has 0 aliphatic carbocycles. The highest BCUT2D eigenvalue weighted by Gasteiger charge is 2.23. The number of nitrogens with two attached hydrogens (primary N) is 1. The molecule has 118 valence electrons. The monoisotopic (exact) mass is 317 g/mol. The van der Waals surface area contributed by atoms with E-state index in [1.165, 1.54) is 6.07 Å². The van der Waals surface area contributed by atoms with Crippen LogP contribution in [0.2, 0.25) is 0 Å². The summed E-state index contributed by atoms with van der Waals surface area (Å²) in [6, 6.07) is 1.95. The smallest absolute Gasteiger partial charge is 0.319 e. The van der Waals surface area contributed by atoms with Gasteiger partial charge in [0.05, 0.1) is 12.3 Å². The molecule has 1 atom stereocenters. The number of rotatable bonds is 7. The normalized spacial score (nSPS) is 12.5. The fourth-order valence-corrected chi connectivity index (χ4v) is 2.81. The largest absolute Gasteiger partial charge is 0.465 e. The number of nitrogen functional groups attached to an aromatic ring is 1. The Bertz CT molecular complexity index is 495. The average Bonchev–Trinajstić information content (AvgIpc) is 2.41. The van der Waals surface area contributed by atoms with E-state index in [9.17, 15) is 13.6 Å². The lowest BCUT2D eigenvalue weighted by atomic mass is 10.2. The molecule has 0 bridgehead atoms. The highest BCUT2D eigenvalue weighted by atomic mass is 32.2. The van der Waals surface area contributed by atoms with Gasteiger partial charge in [0, 0.05) is 11.0 Å². The maximum Gasteiger partial charge on any atom is 0.319 e. The summed E-state index contributed by atoms with van der Waals surface area (Å²) in [4.78, 5) is 12.2. The molecule has 21 heavy (non-hydrogen) atoms. The second-order valence-corrected chi connectivity index (χ2v) is 6.47. The van der Waals surface area contributed by atoms with Gasteiger partial charge < -0.3 is 10.5 Å². The van der Waals surface area contributed by atoms with Crippen molar-refractivity contribution in [2.75, 3.05) is 12.3 Å². The Morgan fingerprint density at radius 2 is 2.00 bits per heavy atom. The molecule has 0 saturated carbocycles. The summed E-state index contributed by atoms with van der Waals surface area (Å²) >= 11 is 1.03. The first-order valence-corrected chi connectivity index (χ1v) is 7.80. The molecule has 0 aliphatic rings. The van der Waals surface area contributed by atoms with Crippen LogP contribution in [0.15, 0.2) is 17.0 Å². The molecule has 1 aromatic rings. The third-order valence-corrected chi connectivity index (χ3v) is 3.97. The van der Waals surface area contributed by atoms with Crippen LogP contribution in [0.1, 0.15) is 33.6 Å². The van der Waals surface area contributed by atoms with Crippen LogP contribution < -0.4 is 5.73 Å². The number of esters is 1. The number of hydrogen-bond donors (Lipinski definition) is 1. The van der Waals surface area contributed by atoms with E-state index in [2.05, 4.69) is 0 Å². The summed E-state index contributed by atoms with van der Waals surface area (Å²) in [5.41, 5.74) is 5.31. The van der Waals surface area contributed by atoms with Crippen molar-refractivity contribution in [3.8, 4) is 0 Å². The fraction of sp³-hybridized carbons (Fsp3) is 0.533. The lowest BCUT2D eigenvalue weighted by Crippen LogP contribution is -2.22. The minimum absolute atomic E-state index is 0.135. The van der Waals surface area contributed by atoms with Gasteiger partial charge in [0.1, 0.15) is 16.9 Å². The van der Waals surface area contributed by atoms with Crippen molar-refractivity contribution in [2.45, 2.75) is 43.8 Å². The van der Waals surface area contributed by atoms with Gasteiger partial charge in [-0.1, -0.05) is 27.2 Å². The van der Waals surface area contributed by atoms with Gasteiger partial charge in [0.25, 0.3) is 0 Å². The van der Waals surface area contributed by atoms with Gasteiger partial charge >= 0.3 is 5.97 Å². The summed E-state index contributed by atoms with van der Waals surface area (Å²) < 4.78 is 32.1. The van der Waals surface area contributed by atoms with Crippen molar-refractivity contribution < 1.29 is 18.3 Å². The van der Waals surface area contributed by atoms with Crippen LogP contribution in [0, 0.1) is 17.6 Å². The van der Waals surface area contributed by atoms with Crippen LogP contribution in [-0.2, 0) is 9.53 Å². The summed E-state index contributed by atoms with van der Waals surface area (Å²) in [6.07, 6.45) is 1.31. The van der Waals surface area contributed by atoms with Crippen LogP contribution >= 0.6 is 11.8 Å². The van der Waals surface area contributed by atoms with E-state index >= 15 is 0 Å². The Morgan fingerprint density at radius 3 is 2.57 bits per heavy atom. The fourth-order valence-electron chi connectivity index (χ4n) is 1.62. The molecule has 6 heteroatoms. The van der Waals surface area contributed by atoms with Crippen molar-refractivity contribution in [1.82, 2.24) is 0 Å². The molecule has 1 unspecified atom stereocenters. The number of halogens is 2. The third-order valence-electron chi connectivity index (χ3n) is 2.69. The maximum absolute atomic E-state index is 13.7. The van der Waals surface area contributed by atoms with Crippen molar-refractivity contribution in [1.29, 1.82) is 0 Å². The van der Waals surface area contributed by atoms with E-state index < -0.39 is 16.9 Å². The summed E-state index contributed by atoms with van der Waals surface area (Å²) in [5, 5.41) is -0.520. The van der Waals surface area contributed by atoms with E-state index in [1.54, 1.807) is 0 Å². The number of ether oxygens (including phenoxy) is 1. The predicted molar refractivity (Wildman–Crippen MR) is 81.1 cm³/mol. The van der Waals surface area contributed by atoms with Gasteiger partial charge in [-0.15, -0.1) is 11.8 Å². The van der Waals surface area contributed by atoms with Crippen molar-refractivity contribution in [3.05, 3.63) is 23.8 Å². The molecular weight excluding hydrogens is 296 g/mol. The molecule has 0 aliphatic heterocycles. The zero-order valence-corrected chi connectivity index (χ0v) is 13.3. The lowest BCUT2D eigenvalue weighted by molar-refractivity contribution is -0.144. The molecule has 0 amide bonds. The molecule has 1 rings (SSSR count). The van der Waals surface area contributed by atoms with Crippen LogP contribution in [0.4, 0.5) is 14.5 Å². The SMILES string of the molecule is CCCC(Sc1cc(N)c(F)cc1F)C(=O)OCC(C)C. The molecule has 0 heterocycles. The second kappa shape index (κ2) is 8.22. The number of thioether (sulfide) groups is 1. The van der Waals surface area contributed by atoms with Crippen LogP contribution in [0.25, 0.3) is 0 Å². The van der Waals surface area contributed by atoms with Gasteiger partial charge in [-0.3, -0.25) is 4.79 Å². The number of anilines is 1. The molecule has 0 fully saturated rings. The zero-order chi connectivity index (χ0) is 16.0. The summed E-state index contributed by atoms with van der Waals surface area (Å²) in [6.45, 7) is 6.14. The average molecular weight is 317 g/mol.